The maximum atomic E-state index is 5.81. The average Bonchev–Trinajstić information content (AvgIpc) is 2.81. The number of alkyl halides is 1. The Kier molecular flexibility index (Phi) is 3.97. The first-order chi connectivity index (χ1) is 8.69. The van der Waals surface area contributed by atoms with Crippen molar-refractivity contribution in [2.45, 2.75) is 39.5 Å². The van der Waals surface area contributed by atoms with E-state index in [1.807, 2.05) is 17.7 Å². The number of hydrogen-bond donors (Lipinski definition) is 0. The van der Waals surface area contributed by atoms with Gasteiger partial charge in [0.15, 0.2) is 11.6 Å². The molecule has 0 aliphatic heterocycles. The molecular weight excluding hydrogens is 248 g/mol. The van der Waals surface area contributed by atoms with E-state index >= 15 is 0 Å². The molecule has 0 fully saturated rings. The lowest BCUT2D eigenvalue weighted by Crippen LogP contribution is -2.07. The van der Waals surface area contributed by atoms with Gasteiger partial charge in [-0.3, -0.25) is 0 Å². The molecule has 0 aromatic carbocycles. The van der Waals surface area contributed by atoms with Crippen molar-refractivity contribution in [3.05, 3.63) is 35.0 Å². The zero-order valence-corrected chi connectivity index (χ0v) is 11.7. The fourth-order valence-electron chi connectivity index (χ4n) is 1.86. The minimum absolute atomic E-state index is 0.478. The molecule has 0 aliphatic rings. The van der Waals surface area contributed by atoms with Crippen LogP contribution in [-0.4, -0.2) is 19.7 Å². The molecule has 0 atom stereocenters. The molecule has 5 heteroatoms. The lowest BCUT2D eigenvalue weighted by atomic mass is 10.2. The minimum Gasteiger partial charge on any atom is -0.236 e. The smallest absolute Gasteiger partial charge is 0.158 e. The third kappa shape index (κ3) is 2.38. The van der Waals surface area contributed by atoms with Crippen LogP contribution in [0.15, 0.2) is 12.3 Å². The Morgan fingerprint density at radius 2 is 2.06 bits per heavy atom. The van der Waals surface area contributed by atoms with Crippen LogP contribution in [0.3, 0.4) is 0 Å². The molecule has 0 N–H and O–H groups in total. The molecular formula is C13H17ClN4. The van der Waals surface area contributed by atoms with Gasteiger partial charge in [-0.2, -0.15) is 4.68 Å². The zero-order chi connectivity index (χ0) is 13.1. The molecule has 2 heterocycles. The van der Waals surface area contributed by atoms with Gasteiger partial charge in [0.2, 0.25) is 0 Å². The number of nitrogens with zero attached hydrogens (tertiary/aromatic N) is 4. The first kappa shape index (κ1) is 13.0. The van der Waals surface area contributed by atoms with E-state index in [4.69, 9.17) is 11.6 Å². The van der Waals surface area contributed by atoms with Crippen LogP contribution >= 0.6 is 11.6 Å². The van der Waals surface area contributed by atoms with Crippen molar-refractivity contribution >= 4 is 11.6 Å². The van der Waals surface area contributed by atoms with Crippen molar-refractivity contribution < 1.29 is 0 Å². The molecule has 0 radical (unpaired) electrons. The van der Waals surface area contributed by atoms with Gasteiger partial charge in [-0.1, -0.05) is 13.8 Å². The molecule has 0 amide bonds. The fraction of sp³-hybridized carbons (Fsp3) is 0.462. The quantitative estimate of drug-likeness (QED) is 0.798. The summed E-state index contributed by atoms with van der Waals surface area (Å²) >= 11 is 5.81. The van der Waals surface area contributed by atoms with Crippen molar-refractivity contribution in [3.8, 4) is 5.82 Å². The molecule has 4 nitrogen and oxygen atoms in total. The number of rotatable bonds is 4. The second-order valence-electron chi connectivity index (χ2n) is 4.18. The molecule has 96 valence electrons. The zero-order valence-electron chi connectivity index (χ0n) is 10.9. The van der Waals surface area contributed by atoms with Crippen LogP contribution in [0, 0.1) is 6.92 Å². The highest BCUT2D eigenvalue weighted by Crippen LogP contribution is 2.15. The van der Waals surface area contributed by atoms with Crippen molar-refractivity contribution in [1.82, 2.24) is 19.7 Å². The summed E-state index contributed by atoms with van der Waals surface area (Å²) in [5, 5.41) is 4.50. The van der Waals surface area contributed by atoms with Gasteiger partial charge >= 0.3 is 0 Å². The third-order valence-corrected chi connectivity index (χ3v) is 3.12. The average molecular weight is 265 g/mol. The highest BCUT2D eigenvalue weighted by atomic mass is 35.5. The molecule has 0 saturated carbocycles. The molecule has 2 rings (SSSR count). The molecule has 2 aromatic rings. The Morgan fingerprint density at radius 1 is 1.28 bits per heavy atom. The number of aromatic nitrogens is 4. The van der Waals surface area contributed by atoms with E-state index in [0.717, 1.165) is 41.4 Å². The van der Waals surface area contributed by atoms with Crippen LogP contribution in [0.4, 0.5) is 0 Å². The topological polar surface area (TPSA) is 43.6 Å². The van der Waals surface area contributed by atoms with Gasteiger partial charge in [0.25, 0.3) is 0 Å². The number of aryl methyl sites for hydroxylation is 3. The Morgan fingerprint density at radius 3 is 2.61 bits per heavy atom. The highest BCUT2D eigenvalue weighted by molar-refractivity contribution is 6.17. The second kappa shape index (κ2) is 5.48. The lowest BCUT2D eigenvalue weighted by Gasteiger charge is -2.07. The normalized spacial score (nSPS) is 10.9. The first-order valence-corrected chi connectivity index (χ1v) is 6.69. The lowest BCUT2D eigenvalue weighted by molar-refractivity contribution is 0.762. The van der Waals surface area contributed by atoms with Crippen LogP contribution in [0.25, 0.3) is 5.82 Å². The summed E-state index contributed by atoms with van der Waals surface area (Å²) in [4.78, 5) is 8.94. The molecule has 0 spiro atoms. The number of pyridine rings is 1. The van der Waals surface area contributed by atoms with E-state index in [-0.39, 0.29) is 0 Å². The summed E-state index contributed by atoms with van der Waals surface area (Å²) in [6.45, 7) is 6.14. The summed E-state index contributed by atoms with van der Waals surface area (Å²) in [7, 11) is 0. The molecule has 0 aliphatic carbocycles. The SMILES string of the molecule is CCc1nc(CC)n(-c2ncc(CCl)cc2C)n1. The summed E-state index contributed by atoms with van der Waals surface area (Å²) in [6, 6.07) is 2.04. The standard InChI is InChI=1S/C13H17ClN4/c1-4-11-16-12(5-2)18(17-11)13-9(3)6-10(7-14)8-15-13/h6,8H,4-5,7H2,1-3H3. The summed E-state index contributed by atoms with van der Waals surface area (Å²) in [5.74, 6) is 3.12. The molecule has 0 unspecified atom stereocenters. The van der Waals surface area contributed by atoms with Gasteiger partial charge in [0, 0.05) is 24.9 Å². The summed E-state index contributed by atoms with van der Waals surface area (Å²) in [5.41, 5.74) is 2.09. The van der Waals surface area contributed by atoms with E-state index in [2.05, 4.69) is 28.9 Å². The van der Waals surface area contributed by atoms with Gasteiger partial charge in [0.05, 0.1) is 0 Å². The van der Waals surface area contributed by atoms with Crippen molar-refractivity contribution in [3.63, 3.8) is 0 Å². The van der Waals surface area contributed by atoms with Crippen LogP contribution in [0.1, 0.15) is 36.6 Å². The van der Waals surface area contributed by atoms with Gasteiger partial charge in [-0.25, -0.2) is 9.97 Å². The minimum atomic E-state index is 0.478. The van der Waals surface area contributed by atoms with Crippen molar-refractivity contribution in [2.24, 2.45) is 0 Å². The monoisotopic (exact) mass is 264 g/mol. The van der Waals surface area contributed by atoms with E-state index < -0.39 is 0 Å². The third-order valence-electron chi connectivity index (χ3n) is 2.81. The second-order valence-corrected chi connectivity index (χ2v) is 4.45. The predicted octanol–water partition coefficient (Wildman–Crippen LogP) is 2.83. The maximum Gasteiger partial charge on any atom is 0.158 e. The Bertz CT molecular complexity index is 548. The Labute approximate surface area is 112 Å². The van der Waals surface area contributed by atoms with Gasteiger partial charge in [-0.05, 0) is 24.1 Å². The molecule has 0 saturated heterocycles. The van der Waals surface area contributed by atoms with Crippen molar-refractivity contribution in [1.29, 1.82) is 0 Å². The van der Waals surface area contributed by atoms with Crippen LogP contribution in [0.2, 0.25) is 0 Å². The van der Waals surface area contributed by atoms with Gasteiger partial charge in [0.1, 0.15) is 5.82 Å². The largest absolute Gasteiger partial charge is 0.236 e. The molecule has 2 aromatic heterocycles. The van der Waals surface area contributed by atoms with Gasteiger partial charge in [-0.15, -0.1) is 16.7 Å². The van der Waals surface area contributed by atoms with Crippen LogP contribution < -0.4 is 0 Å². The highest BCUT2D eigenvalue weighted by Gasteiger charge is 2.12. The van der Waals surface area contributed by atoms with Crippen LogP contribution in [-0.2, 0) is 18.7 Å². The van der Waals surface area contributed by atoms with Gasteiger partial charge < -0.3 is 0 Å². The van der Waals surface area contributed by atoms with E-state index in [1.165, 1.54) is 0 Å². The summed E-state index contributed by atoms with van der Waals surface area (Å²) < 4.78 is 1.84. The fourth-order valence-corrected chi connectivity index (χ4v) is 2.01. The van der Waals surface area contributed by atoms with E-state index in [1.54, 1.807) is 6.20 Å². The molecule has 18 heavy (non-hydrogen) atoms. The van der Waals surface area contributed by atoms with E-state index in [0.29, 0.717) is 5.88 Å². The Balaban J connectivity index is 2.50. The first-order valence-electron chi connectivity index (χ1n) is 6.16. The molecule has 0 bridgehead atoms. The number of hydrogen-bond acceptors (Lipinski definition) is 3. The maximum absolute atomic E-state index is 5.81. The van der Waals surface area contributed by atoms with E-state index in [9.17, 15) is 0 Å². The predicted molar refractivity (Wildman–Crippen MR) is 72.2 cm³/mol. The number of halogens is 1. The summed E-state index contributed by atoms with van der Waals surface area (Å²) in [6.07, 6.45) is 3.46. The van der Waals surface area contributed by atoms with Crippen LogP contribution in [0.5, 0.6) is 0 Å². The van der Waals surface area contributed by atoms with Crippen molar-refractivity contribution in [2.75, 3.05) is 0 Å². The Hall–Kier alpha value is -1.42.